The van der Waals surface area contributed by atoms with Gasteiger partial charge in [-0.05, 0) is 72.1 Å². The van der Waals surface area contributed by atoms with Gasteiger partial charge in [0, 0.05) is 38.9 Å². The van der Waals surface area contributed by atoms with Crippen LogP contribution in [-0.4, -0.2) is 103 Å². The predicted molar refractivity (Wildman–Crippen MR) is 218 cm³/mol. The molecule has 1 aliphatic carbocycles. The number of pyridine rings is 1. The predicted octanol–water partition coefficient (Wildman–Crippen LogP) is 3.62. The van der Waals surface area contributed by atoms with Crippen LogP contribution in [0.15, 0.2) is 66.3 Å². The number of carbonyl (C=O) groups is 5. The lowest BCUT2D eigenvalue weighted by atomic mass is 9.85. The molecule has 5 atom stereocenters. The zero-order chi connectivity index (χ0) is 42.1. The molecular formula is C42H61N7O7S. The maximum Gasteiger partial charge on any atom is 0.315 e. The Balaban J connectivity index is 1.64. The van der Waals surface area contributed by atoms with Gasteiger partial charge in [0.2, 0.25) is 17.7 Å². The Labute approximate surface area is 338 Å². The molecule has 4 rings (SSSR count). The summed E-state index contributed by atoms with van der Waals surface area (Å²) in [5.41, 5.74) is 0.0394. The molecular weight excluding hydrogens is 747 g/mol. The fourth-order valence-corrected chi connectivity index (χ4v) is 9.11. The Kier molecular flexibility index (Phi) is 15.2. The summed E-state index contributed by atoms with van der Waals surface area (Å²) in [5, 5.41) is 11.4. The zero-order valence-corrected chi connectivity index (χ0v) is 35.2. The summed E-state index contributed by atoms with van der Waals surface area (Å²) in [7, 11) is -2.54. The molecule has 15 heteroatoms. The number of amides is 5. The van der Waals surface area contributed by atoms with Gasteiger partial charge in [0.05, 0.1) is 6.42 Å². The largest absolute Gasteiger partial charge is 0.353 e. The summed E-state index contributed by atoms with van der Waals surface area (Å²) in [5.74, 6) is -1.98. The van der Waals surface area contributed by atoms with Gasteiger partial charge in [0.1, 0.15) is 23.9 Å². The average Bonchev–Trinajstić information content (AvgIpc) is 3.81. The van der Waals surface area contributed by atoms with Crippen molar-refractivity contribution >= 4 is 40.1 Å². The number of hydrogen-bond donors (Lipinski definition) is 4. The molecule has 57 heavy (non-hydrogen) atoms. The van der Waals surface area contributed by atoms with Crippen LogP contribution in [0, 0.1) is 23.2 Å². The third-order valence-electron chi connectivity index (χ3n) is 11.3. The van der Waals surface area contributed by atoms with Crippen LogP contribution in [-0.2, 0) is 42.0 Å². The number of hydrogen-bond acceptors (Lipinski definition) is 8. The maximum atomic E-state index is 15.0. The molecule has 1 unspecified atom stereocenters. The highest BCUT2D eigenvalue weighted by Gasteiger charge is 2.49. The Bertz CT molecular complexity index is 1840. The van der Waals surface area contributed by atoms with Gasteiger partial charge in [-0.3, -0.25) is 14.4 Å². The molecule has 5 amide bonds. The van der Waals surface area contributed by atoms with E-state index in [1.807, 2.05) is 65.8 Å². The standard InChI is InChI=1S/C42H61N7O7S/c1-9-19-42(27-50,25-34(51)43-20-10-2)47-38(52)37-32(28(3)4)18-22-49(37)39(53)36(31-23-29-15-11-12-16-30(29)24-31)46-40(54)45-33(41(5,6)7)26-48(8)57(55,56)35-17-13-14-21-44-35/h10-17,21,27-28,31-33,36-37H,2,9,18-20,22-26H2,1,3-8H3,(H,43,51)(H,47,52)(H2,45,46,54)/t32-,33-,36+,37+,42?/m1/s1. The summed E-state index contributed by atoms with van der Waals surface area (Å²) in [6.07, 6.45) is 5.56. The average molecular weight is 808 g/mol. The van der Waals surface area contributed by atoms with E-state index in [2.05, 4.69) is 32.8 Å². The Morgan fingerprint density at radius 1 is 1.04 bits per heavy atom. The molecule has 0 spiro atoms. The molecule has 0 bridgehead atoms. The van der Waals surface area contributed by atoms with Gasteiger partial charge >= 0.3 is 6.03 Å². The van der Waals surface area contributed by atoms with Crippen molar-refractivity contribution in [3.05, 3.63) is 72.4 Å². The van der Waals surface area contributed by atoms with Crippen LogP contribution in [0.5, 0.6) is 0 Å². The lowest BCUT2D eigenvalue weighted by molar-refractivity contribution is -0.143. The molecule has 4 N–H and O–H groups in total. The van der Waals surface area contributed by atoms with Crippen LogP contribution in [0.25, 0.3) is 0 Å². The number of sulfonamides is 1. The lowest BCUT2D eigenvalue weighted by Gasteiger charge is -2.37. The molecule has 312 valence electrons. The van der Waals surface area contributed by atoms with Crippen molar-refractivity contribution in [2.45, 2.75) is 109 Å². The van der Waals surface area contributed by atoms with Crippen LogP contribution < -0.4 is 21.3 Å². The highest BCUT2D eigenvalue weighted by atomic mass is 32.2. The second-order valence-electron chi connectivity index (χ2n) is 16.9. The zero-order valence-electron chi connectivity index (χ0n) is 34.4. The van der Waals surface area contributed by atoms with E-state index in [9.17, 15) is 32.4 Å². The molecule has 1 saturated heterocycles. The van der Waals surface area contributed by atoms with Crippen molar-refractivity contribution in [2.24, 2.45) is 23.2 Å². The highest BCUT2D eigenvalue weighted by molar-refractivity contribution is 7.89. The monoisotopic (exact) mass is 807 g/mol. The van der Waals surface area contributed by atoms with Gasteiger partial charge in [0.15, 0.2) is 5.03 Å². The van der Waals surface area contributed by atoms with Gasteiger partial charge in [-0.2, -0.15) is 4.31 Å². The van der Waals surface area contributed by atoms with E-state index in [0.717, 1.165) is 15.4 Å². The fourth-order valence-electron chi connectivity index (χ4n) is 8.00. The van der Waals surface area contributed by atoms with Crippen LogP contribution in [0.1, 0.15) is 78.4 Å². The van der Waals surface area contributed by atoms with Crippen LogP contribution in [0.2, 0.25) is 0 Å². The van der Waals surface area contributed by atoms with Crippen molar-refractivity contribution in [2.75, 3.05) is 26.7 Å². The number of aromatic nitrogens is 1. The van der Waals surface area contributed by atoms with E-state index < -0.39 is 62.9 Å². The van der Waals surface area contributed by atoms with Gasteiger partial charge < -0.3 is 31.0 Å². The maximum absolute atomic E-state index is 15.0. The number of fused-ring (bicyclic) bond motifs is 1. The Morgan fingerprint density at radius 2 is 1.68 bits per heavy atom. The van der Waals surface area contributed by atoms with Crippen molar-refractivity contribution in [3.8, 4) is 0 Å². The first-order chi connectivity index (χ1) is 26.9. The minimum Gasteiger partial charge on any atom is -0.353 e. The van der Waals surface area contributed by atoms with Crippen molar-refractivity contribution < 1.29 is 32.4 Å². The van der Waals surface area contributed by atoms with Gasteiger partial charge in [-0.15, -0.1) is 6.58 Å². The number of urea groups is 1. The van der Waals surface area contributed by atoms with Crippen LogP contribution in [0.3, 0.4) is 0 Å². The summed E-state index contributed by atoms with van der Waals surface area (Å²) in [6, 6.07) is 9.14. The van der Waals surface area contributed by atoms with Crippen LogP contribution in [0.4, 0.5) is 4.79 Å². The smallest absolute Gasteiger partial charge is 0.315 e. The van der Waals surface area contributed by atoms with E-state index in [-0.39, 0.29) is 55.3 Å². The second kappa shape index (κ2) is 19.2. The first kappa shape index (κ1) is 45.1. The van der Waals surface area contributed by atoms with E-state index in [1.165, 1.54) is 30.3 Å². The summed E-state index contributed by atoms with van der Waals surface area (Å²) in [6.45, 7) is 15.5. The first-order valence-corrected chi connectivity index (χ1v) is 21.3. The number of rotatable bonds is 18. The van der Waals surface area contributed by atoms with Gasteiger partial charge in [-0.25, -0.2) is 18.2 Å². The summed E-state index contributed by atoms with van der Waals surface area (Å²) < 4.78 is 27.9. The van der Waals surface area contributed by atoms with Gasteiger partial charge in [-0.1, -0.05) is 84.4 Å². The molecule has 2 aliphatic rings. The Morgan fingerprint density at radius 3 is 2.23 bits per heavy atom. The third-order valence-corrected chi connectivity index (χ3v) is 13.0. The number of nitrogens with zero attached hydrogens (tertiary/aromatic N) is 3. The first-order valence-electron chi connectivity index (χ1n) is 19.8. The SMILES string of the molecule is C=CCNC(=O)CC(C=O)(CCC)NC(=O)[C@@H]1[C@@H](C(C)C)CCN1C(=O)[C@@H](NC(=O)N[C@H](CN(C)S(=O)(=O)c1ccccn1)C(C)(C)C)C1Cc2ccccc2C1. The molecule has 1 aliphatic heterocycles. The molecule has 1 aromatic heterocycles. The minimum absolute atomic E-state index is 0.0106. The Hall–Kier alpha value is -4.63. The molecule has 1 fully saturated rings. The number of carbonyl (C=O) groups excluding carboxylic acids is 5. The molecule has 2 aromatic rings. The number of likely N-dealkylation sites (N-methyl/N-ethyl adjacent to an activating group) is 1. The van der Waals surface area contributed by atoms with Crippen molar-refractivity contribution in [1.29, 1.82) is 0 Å². The molecule has 0 saturated carbocycles. The highest BCUT2D eigenvalue weighted by Crippen LogP contribution is 2.35. The lowest BCUT2D eigenvalue weighted by Crippen LogP contribution is -2.62. The number of benzene rings is 1. The fraction of sp³-hybridized carbons (Fsp3) is 0.571. The molecule has 0 radical (unpaired) electrons. The second-order valence-corrected chi connectivity index (χ2v) is 18.9. The number of nitrogens with one attached hydrogen (secondary N) is 4. The third kappa shape index (κ3) is 11.1. The number of aldehydes is 1. The van der Waals surface area contributed by atoms with E-state index in [0.29, 0.717) is 32.0 Å². The molecule has 2 heterocycles. The van der Waals surface area contributed by atoms with Crippen molar-refractivity contribution in [1.82, 2.24) is 35.5 Å². The normalized spacial score (nSPS) is 19.3. The molecule has 1 aromatic carbocycles. The topological polar surface area (TPSA) is 187 Å². The minimum atomic E-state index is -3.97. The van der Waals surface area contributed by atoms with E-state index in [1.54, 1.807) is 12.1 Å². The molecule has 14 nitrogen and oxygen atoms in total. The van der Waals surface area contributed by atoms with Crippen LogP contribution >= 0.6 is 0 Å². The van der Waals surface area contributed by atoms with Crippen molar-refractivity contribution in [3.63, 3.8) is 0 Å². The van der Waals surface area contributed by atoms with E-state index in [4.69, 9.17) is 0 Å². The van der Waals surface area contributed by atoms with Gasteiger partial charge in [0.25, 0.3) is 10.0 Å². The van der Waals surface area contributed by atoms with E-state index >= 15 is 0 Å². The number of likely N-dealkylation sites (tertiary alicyclic amines) is 1. The summed E-state index contributed by atoms with van der Waals surface area (Å²) in [4.78, 5) is 74.6. The quantitative estimate of drug-likeness (QED) is 0.130. The summed E-state index contributed by atoms with van der Waals surface area (Å²) >= 11 is 0.